The van der Waals surface area contributed by atoms with E-state index in [1.54, 1.807) is 0 Å². The minimum absolute atomic E-state index is 0.0141. The van der Waals surface area contributed by atoms with Gasteiger partial charge in [-0.3, -0.25) is 0 Å². The number of hydrogen-bond donors (Lipinski definition) is 2. The Morgan fingerprint density at radius 2 is 1.88 bits per heavy atom. The fourth-order valence-electron chi connectivity index (χ4n) is 2.27. The van der Waals surface area contributed by atoms with Crippen LogP contribution in [0.4, 0.5) is 0 Å². The summed E-state index contributed by atoms with van der Waals surface area (Å²) in [4.78, 5) is 0. The Hall–Kier alpha value is -1.38. The fraction of sp³-hybridized carbons (Fsp3) is 0.286. The van der Waals surface area contributed by atoms with E-state index in [-0.39, 0.29) is 13.2 Å². The predicted octanol–water partition coefficient (Wildman–Crippen LogP) is 1.80. The lowest BCUT2D eigenvalue weighted by molar-refractivity contribution is 0.198. The third-order valence-corrected chi connectivity index (χ3v) is 3.28. The molecule has 1 aliphatic carbocycles. The third kappa shape index (κ3) is 1.70. The SMILES string of the molecule is OCC1=CC=CCC1(CO)c1ccccc1. The largest absolute Gasteiger partial charge is 0.395 e. The zero-order valence-electron chi connectivity index (χ0n) is 9.13. The quantitative estimate of drug-likeness (QED) is 0.808. The van der Waals surface area contributed by atoms with Crippen molar-refractivity contribution in [2.45, 2.75) is 11.8 Å². The summed E-state index contributed by atoms with van der Waals surface area (Å²) in [5.74, 6) is 0. The standard InChI is InChI=1S/C14H16O2/c15-10-13-8-4-5-9-14(13,11-16)12-6-2-1-3-7-12/h1-8,15-16H,9-11H2. The van der Waals surface area contributed by atoms with Crippen LogP contribution in [0.1, 0.15) is 12.0 Å². The van der Waals surface area contributed by atoms with Crippen LogP contribution in [-0.4, -0.2) is 23.4 Å². The molecular weight excluding hydrogens is 200 g/mol. The Kier molecular flexibility index (Phi) is 3.22. The van der Waals surface area contributed by atoms with Crippen molar-refractivity contribution in [1.29, 1.82) is 0 Å². The van der Waals surface area contributed by atoms with Gasteiger partial charge in [0.15, 0.2) is 0 Å². The summed E-state index contributed by atoms with van der Waals surface area (Å²) in [5.41, 5.74) is 1.50. The molecule has 16 heavy (non-hydrogen) atoms. The van der Waals surface area contributed by atoms with Gasteiger partial charge in [0, 0.05) is 5.41 Å². The molecule has 0 saturated heterocycles. The number of aliphatic hydroxyl groups excluding tert-OH is 2. The number of benzene rings is 1. The van der Waals surface area contributed by atoms with Crippen LogP contribution >= 0.6 is 0 Å². The van der Waals surface area contributed by atoms with Gasteiger partial charge in [-0.2, -0.15) is 0 Å². The van der Waals surface area contributed by atoms with Crippen molar-refractivity contribution in [2.75, 3.05) is 13.2 Å². The van der Waals surface area contributed by atoms with Gasteiger partial charge >= 0.3 is 0 Å². The minimum Gasteiger partial charge on any atom is -0.395 e. The zero-order valence-corrected chi connectivity index (χ0v) is 9.13. The van der Waals surface area contributed by atoms with E-state index in [2.05, 4.69) is 0 Å². The van der Waals surface area contributed by atoms with Crippen molar-refractivity contribution in [3.63, 3.8) is 0 Å². The predicted molar refractivity (Wildman–Crippen MR) is 64.1 cm³/mol. The van der Waals surface area contributed by atoms with Crippen molar-refractivity contribution in [3.05, 3.63) is 59.7 Å². The molecule has 0 amide bonds. The molecule has 0 bridgehead atoms. The van der Waals surface area contributed by atoms with Crippen LogP contribution in [0.5, 0.6) is 0 Å². The van der Waals surface area contributed by atoms with E-state index in [0.717, 1.165) is 17.6 Å². The van der Waals surface area contributed by atoms with Gasteiger partial charge in [0.1, 0.15) is 0 Å². The maximum Gasteiger partial charge on any atom is 0.0654 e. The van der Waals surface area contributed by atoms with Crippen molar-refractivity contribution >= 4 is 0 Å². The Morgan fingerprint density at radius 1 is 1.12 bits per heavy atom. The smallest absolute Gasteiger partial charge is 0.0654 e. The molecular formula is C14H16O2. The molecule has 0 heterocycles. The van der Waals surface area contributed by atoms with Gasteiger partial charge in [-0.1, -0.05) is 48.6 Å². The lowest BCUT2D eigenvalue weighted by atomic mass is 9.70. The second-order valence-corrected chi connectivity index (χ2v) is 4.09. The zero-order chi connectivity index (χ0) is 11.4. The molecule has 1 aliphatic rings. The van der Waals surface area contributed by atoms with Crippen LogP contribution in [0.15, 0.2) is 54.1 Å². The number of aliphatic hydroxyl groups is 2. The van der Waals surface area contributed by atoms with E-state index < -0.39 is 5.41 Å². The van der Waals surface area contributed by atoms with Gasteiger partial charge in [-0.05, 0) is 17.6 Å². The molecule has 0 radical (unpaired) electrons. The first-order valence-corrected chi connectivity index (χ1v) is 5.47. The summed E-state index contributed by atoms with van der Waals surface area (Å²) in [5, 5.41) is 19.1. The Bertz CT molecular complexity index is 406. The summed E-state index contributed by atoms with van der Waals surface area (Å²) < 4.78 is 0. The highest BCUT2D eigenvalue weighted by Gasteiger charge is 2.35. The van der Waals surface area contributed by atoms with Gasteiger partial charge < -0.3 is 10.2 Å². The van der Waals surface area contributed by atoms with Crippen LogP contribution in [0, 0.1) is 0 Å². The number of hydrogen-bond acceptors (Lipinski definition) is 2. The summed E-state index contributed by atoms with van der Waals surface area (Å²) in [7, 11) is 0. The van der Waals surface area contributed by atoms with E-state index in [0.29, 0.717) is 0 Å². The molecule has 0 fully saturated rings. The van der Waals surface area contributed by atoms with E-state index in [4.69, 9.17) is 0 Å². The van der Waals surface area contributed by atoms with Gasteiger partial charge in [0.25, 0.3) is 0 Å². The molecule has 2 heteroatoms. The van der Waals surface area contributed by atoms with Gasteiger partial charge in [0.2, 0.25) is 0 Å². The summed E-state index contributed by atoms with van der Waals surface area (Å²) in [6.07, 6.45) is 6.59. The molecule has 84 valence electrons. The molecule has 2 nitrogen and oxygen atoms in total. The van der Waals surface area contributed by atoms with Crippen molar-refractivity contribution in [1.82, 2.24) is 0 Å². The first-order valence-electron chi connectivity index (χ1n) is 5.47. The Labute approximate surface area is 95.6 Å². The van der Waals surface area contributed by atoms with Crippen molar-refractivity contribution in [3.8, 4) is 0 Å². The number of rotatable bonds is 3. The number of allylic oxidation sites excluding steroid dienone is 3. The summed E-state index contributed by atoms with van der Waals surface area (Å²) >= 11 is 0. The molecule has 2 N–H and O–H groups in total. The molecule has 0 spiro atoms. The van der Waals surface area contributed by atoms with E-state index in [9.17, 15) is 10.2 Å². The lowest BCUT2D eigenvalue weighted by Crippen LogP contribution is -2.35. The second kappa shape index (κ2) is 4.64. The topological polar surface area (TPSA) is 40.5 Å². The minimum atomic E-state index is -0.440. The molecule has 0 aliphatic heterocycles. The van der Waals surface area contributed by atoms with E-state index in [1.165, 1.54) is 0 Å². The third-order valence-electron chi connectivity index (χ3n) is 3.28. The highest BCUT2D eigenvalue weighted by Crippen LogP contribution is 2.37. The van der Waals surface area contributed by atoms with Gasteiger partial charge in [-0.25, -0.2) is 0 Å². The maximum absolute atomic E-state index is 9.71. The molecule has 1 unspecified atom stereocenters. The Morgan fingerprint density at radius 3 is 2.50 bits per heavy atom. The first-order chi connectivity index (χ1) is 7.83. The molecule has 1 atom stereocenters. The molecule has 0 saturated carbocycles. The molecule has 0 aromatic heterocycles. The van der Waals surface area contributed by atoms with Gasteiger partial charge in [0.05, 0.1) is 13.2 Å². The normalized spacial score (nSPS) is 24.2. The monoisotopic (exact) mass is 216 g/mol. The Balaban J connectivity index is 2.48. The van der Waals surface area contributed by atoms with Crippen LogP contribution in [0.2, 0.25) is 0 Å². The fourth-order valence-corrected chi connectivity index (χ4v) is 2.27. The highest BCUT2D eigenvalue weighted by molar-refractivity contribution is 5.42. The van der Waals surface area contributed by atoms with Crippen LogP contribution < -0.4 is 0 Å². The molecule has 1 aromatic carbocycles. The van der Waals surface area contributed by atoms with Crippen LogP contribution in [0.25, 0.3) is 0 Å². The maximum atomic E-state index is 9.71. The average Bonchev–Trinajstić information content (AvgIpc) is 2.39. The van der Waals surface area contributed by atoms with Gasteiger partial charge in [-0.15, -0.1) is 0 Å². The molecule has 2 rings (SSSR count). The highest BCUT2D eigenvalue weighted by atomic mass is 16.3. The second-order valence-electron chi connectivity index (χ2n) is 4.09. The molecule has 1 aromatic rings. The average molecular weight is 216 g/mol. The van der Waals surface area contributed by atoms with Crippen molar-refractivity contribution < 1.29 is 10.2 Å². The summed E-state index contributed by atoms with van der Waals surface area (Å²) in [6.45, 7) is 0.00748. The lowest BCUT2D eigenvalue weighted by Gasteiger charge is -2.35. The van der Waals surface area contributed by atoms with Crippen molar-refractivity contribution in [2.24, 2.45) is 0 Å². The first kappa shape index (κ1) is 11.1. The van der Waals surface area contributed by atoms with Crippen LogP contribution in [0.3, 0.4) is 0 Å². The van der Waals surface area contributed by atoms with E-state index in [1.807, 2.05) is 48.6 Å². The van der Waals surface area contributed by atoms with E-state index >= 15 is 0 Å². The summed E-state index contributed by atoms with van der Waals surface area (Å²) in [6, 6.07) is 9.87. The van der Waals surface area contributed by atoms with Crippen LogP contribution in [-0.2, 0) is 5.41 Å².